The fourth-order valence-electron chi connectivity index (χ4n) is 1.17. The van der Waals surface area contributed by atoms with Crippen molar-refractivity contribution < 1.29 is 0 Å². The van der Waals surface area contributed by atoms with E-state index in [0.717, 1.165) is 11.3 Å². The number of halogens is 1. The van der Waals surface area contributed by atoms with Gasteiger partial charge in [-0.2, -0.15) is 0 Å². The van der Waals surface area contributed by atoms with Crippen LogP contribution in [0.1, 0.15) is 0 Å². The molecular weight excluding hydrogens is 188 g/mol. The molecule has 0 aliphatic rings. The lowest BCUT2D eigenvalue weighted by molar-refractivity contribution is 1.23. The van der Waals surface area contributed by atoms with Crippen LogP contribution in [0.5, 0.6) is 0 Å². The molecule has 0 amide bonds. The smallest absolute Gasteiger partial charge is 0.249 e. The lowest BCUT2D eigenvalue weighted by Crippen LogP contribution is -2.03. The van der Waals surface area contributed by atoms with E-state index in [-0.39, 0.29) is 5.56 Å². The van der Waals surface area contributed by atoms with Crippen LogP contribution < -0.4 is 5.56 Å². The van der Waals surface area contributed by atoms with E-state index in [1.54, 1.807) is 12.3 Å². The largest absolute Gasteiger partial charge is 0.361 e. The van der Waals surface area contributed by atoms with Crippen molar-refractivity contribution in [1.29, 1.82) is 0 Å². The Bertz CT molecular complexity index is 459. The van der Waals surface area contributed by atoms with Gasteiger partial charge in [0.05, 0.1) is 0 Å². The summed E-state index contributed by atoms with van der Waals surface area (Å²) >= 11 is 5.70. The molecule has 0 aromatic carbocycles. The summed E-state index contributed by atoms with van der Waals surface area (Å²) in [4.78, 5) is 16.5. The molecular formula is C9H7ClN2O. The molecule has 3 nitrogen and oxygen atoms in total. The lowest BCUT2D eigenvalue weighted by Gasteiger charge is -1.97. The zero-order chi connectivity index (χ0) is 9.26. The van der Waals surface area contributed by atoms with Gasteiger partial charge >= 0.3 is 0 Å². The van der Waals surface area contributed by atoms with Gasteiger partial charge in [-0.15, -0.1) is 0 Å². The summed E-state index contributed by atoms with van der Waals surface area (Å²) in [5, 5.41) is 0.345. The topological polar surface area (TPSA) is 48.6 Å². The average molecular weight is 195 g/mol. The van der Waals surface area contributed by atoms with Gasteiger partial charge < -0.3 is 9.97 Å². The van der Waals surface area contributed by atoms with Gasteiger partial charge in [0.2, 0.25) is 5.56 Å². The summed E-state index contributed by atoms with van der Waals surface area (Å²) in [6, 6.07) is 6.95. The number of aromatic amines is 2. The Morgan fingerprint density at radius 3 is 2.77 bits per heavy atom. The molecule has 0 atom stereocenters. The average Bonchev–Trinajstić information content (AvgIpc) is 2.53. The van der Waals surface area contributed by atoms with Crippen LogP contribution >= 0.6 is 11.6 Å². The number of nitrogens with one attached hydrogen (secondary N) is 2. The fourth-order valence-corrected chi connectivity index (χ4v) is 1.39. The van der Waals surface area contributed by atoms with Crippen molar-refractivity contribution in [3.05, 3.63) is 46.0 Å². The van der Waals surface area contributed by atoms with Crippen molar-refractivity contribution in [2.24, 2.45) is 0 Å². The Morgan fingerprint density at radius 2 is 2.15 bits per heavy atom. The Labute approximate surface area is 79.4 Å². The van der Waals surface area contributed by atoms with Crippen molar-refractivity contribution >= 4 is 11.6 Å². The summed E-state index contributed by atoms with van der Waals surface area (Å²) < 4.78 is 0. The molecule has 0 radical (unpaired) electrons. The summed E-state index contributed by atoms with van der Waals surface area (Å²) in [5.74, 6) is 0. The Morgan fingerprint density at radius 1 is 1.31 bits per heavy atom. The molecule has 2 aromatic rings. The Hall–Kier alpha value is -1.48. The quantitative estimate of drug-likeness (QED) is 0.671. The van der Waals surface area contributed by atoms with Gasteiger partial charge in [-0.25, -0.2) is 0 Å². The van der Waals surface area contributed by atoms with Crippen molar-refractivity contribution in [2.45, 2.75) is 0 Å². The van der Waals surface area contributed by atoms with Crippen molar-refractivity contribution in [3.8, 4) is 11.3 Å². The minimum absolute atomic E-state index is 0.197. The van der Waals surface area contributed by atoms with Gasteiger partial charge in [0.15, 0.2) is 0 Å². The molecule has 0 saturated carbocycles. The standard InChI is InChI=1S/C9H7ClN2O/c10-8-4-6(5-9(13)12-8)7-2-1-3-11-7/h1-5,11H,(H,12,13). The van der Waals surface area contributed by atoms with E-state index in [2.05, 4.69) is 9.97 Å². The van der Waals surface area contributed by atoms with Crippen molar-refractivity contribution in [1.82, 2.24) is 9.97 Å². The molecule has 2 rings (SSSR count). The van der Waals surface area contributed by atoms with E-state index in [4.69, 9.17) is 11.6 Å². The van der Waals surface area contributed by atoms with Gasteiger partial charge in [0.1, 0.15) is 5.15 Å². The molecule has 66 valence electrons. The van der Waals surface area contributed by atoms with Gasteiger partial charge in [0.25, 0.3) is 0 Å². The third-order valence-corrected chi connectivity index (χ3v) is 1.92. The molecule has 0 bridgehead atoms. The first-order valence-corrected chi connectivity index (χ1v) is 4.17. The maximum absolute atomic E-state index is 11.1. The van der Waals surface area contributed by atoms with Crippen LogP contribution in [0.4, 0.5) is 0 Å². The van der Waals surface area contributed by atoms with Gasteiger partial charge in [-0.05, 0) is 18.2 Å². The second-order valence-electron chi connectivity index (χ2n) is 2.67. The maximum Gasteiger partial charge on any atom is 0.249 e. The predicted octanol–water partition coefficient (Wildman–Crippen LogP) is 2.02. The zero-order valence-corrected chi connectivity index (χ0v) is 7.43. The first-order chi connectivity index (χ1) is 6.25. The molecule has 2 heterocycles. The third-order valence-electron chi connectivity index (χ3n) is 1.72. The highest BCUT2D eigenvalue weighted by atomic mass is 35.5. The van der Waals surface area contributed by atoms with E-state index in [9.17, 15) is 4.79 Å². The first-order valence-electron chi connectivity index (χ1n) is 3.79. The summed E-state index contributed by atoms with van der Waals surface area (Å²) in [7, 11) is 0. The molecule has 13 heavy (non-hydrogen) atoms. The first kappa shape index (κ1) is 8.13. The van der Waals surface area contributed by atoms with E-state index in [0.29, 0.717) is 5.15 Å². The van der Waals surface area contributed by atoms with Gasteiger partial charge in [-0.3, -0.25) is 4.79 Å². The molecule has 2 N–H and O–H groups in total. The molecule has 0 spiro atoms. The number of hydrogen-bond acceptors (Lipinski definition) is 1. The van der Waals surface area contributed by atoms with Crippen LogP contribution in [0.15, 0.2) is 35.3 Å². The summed E-state index contributed by atoms with van der Waals surface area (Å²) in [6.45, 7) is 0. The minimum Gasteiger partial charge on any atom is -0.361 e. The normalized spacial score (nSPS) is 10.2. The minimum atomic E-state index is -0.197. The number of pyridine rings is 1. The van der Waals surface area contributed by atoms with E-state index < -0.39 is 0 Å². The second-order valence-corrected chi connectivity index (χ2v) is 3.07. The molecule has 0 unspecified atom stereocenters. The molecule has 0 saturated heterocycles. The number of aromatic nitrogens is 2. The number of rotatable bonds is 1. The molecule has 0 aliphatic carbocycles. The van der Waals surface area contributed by atoms with Gasteiger partial charge in [-0.1, -0.05) is 11.6 Å². The molecule has 0 aliphatic heterocycles. The second kappa shape index (κ2) is 3.11. The highest BCUT2D eigenvalue weighted by Gasteiger charge is 2.00. The molecule has 4 heteroatoms. The highest BCUT2D eigenvalue weighted by molar-refractivity contribution is 6.29. The van der Waals surface area contributed by atoms with Gasteiger partial charge in [0, 0.05) is 23.5 Å². The van der Waals surface area contributed by atoms with Crippen LogP contribution in [-0.2, 0) is 0 Å². The number of hydrogen-bond donors (Lipinski definition) is 2. The van der Waals surface area contributed by atoms with Crippen LogP contribution in [0, 0.1) is 0 Å². The lowest BCUT2D eigenvalue weighted by atomic mass is 10.2. The van der Waals surface area contributed by atoms with E-state index in [1.165, 1.54) is 6.07 Å². The van der Waals surface area contributed by atoms with E-state index in [1.807, 2.05) is 12.1 Å². The molecule has 2 aromatic heterocycles. The van der Waals surface area contributed by atoms with Crippen LogP contribution in [0.25, 0.3) is 11.3 Å². The fraction of sp³-hybridized carbons (Fsp3) is 0. The Kier molecular flexibility index (Phi) is 1.94. The monoisotopic (exact) mass is 194 g/mol. The molecule has 0 fully saturated rings. The SMILES string of the molecule is O=c1cc(-c2ccc[nH]2)cc(Cl)[nH]1. The highest BCUT2D eigenvalue weighted by Crippen LogP contribution is 2.16. The summed E-state index contributed by atoms with van der Waals surface area (Å²) in [5.41, 5.74) is 1.48. The van der Waals surface area contributed by atoms with E-state index >= 15 is 0 Å². The van der Waals surface area contributed by atoms with Crippen molar-refractivity contribution in [3.63, 3.8) is 0 Å². The third kappa shape index (κ3) is 1.65. The Balaban J connectivity index is 2.59. The predicted molar refractivity (Wildman–Crippen MR) is 51.9 cm³/mol. The maximum atomic E-state index is 11.1. The number of H-pyrrole nitrogens is 2. The summed E-state index contributed by atoms with van der Waals surface area (Å²) in [6.07, 6.45) is 1.80. The zero-order valence-electron chi connectivity index (χ0n) is 6.67. The van der Waals surface area contributed by atoms with Crippen molar-refractivity contribution in [2.75, 3.05) is 0 Å². The van der Waals surface area contributed by atoms with Crippen LogP contribution in [-0.4, -0.2) is 9.97 Å². The van der Waals surface area contributed by atoms with Crippen LogP contribution in [0.2, 0.25) is 5.15 Å². The van der Waals surface area contributed by atoms with Crippen LogP contribution in [0.3, 0.4) is 0 Å².